The van der Waals surface area contributed by atoms with Crippen LogP contribution in [0.2, 0.25) is 0 Å². The van der Waals surface area contributed by atoms with Gasteiger partial charge in [0.1, 0.15) is 11.8 Å². The maximum absolute atomic E-state index is 11.5. The molecule has 1 unspecified atom stereocenters. The number of nitrogens with zero attached hydrogens (tertiary/aromatic N) is 2. The Morgan fingerprint density at radius 1 is 1.29 bits per heavy atom. The fourth-order valence-corrected chi connectivity index (χ4v) is 2.46. The van der Waals surface area contributed by atoms with Crippen molar-refractivity contribution < 1.29 is 4.79 Å². The minimum absolute atomic E-state index is 0.0266. The number of benzene rings is 1. The second kappa shape index (κ2) is 7.30. The minimum atomic E-state index is 0.0266. The number of aromatic nitrogens is 1. The zero-order valence-electron chi connectivity index (χ0n) is 12.1. The van der Waals surface area contributed by atoms with Crippen LogP contribution >= 0.6 is 0 Å². The zero-order valence-corrected chi connectivity index (χ0v) is 12.1. The van der Waals surface area contributed by atoms with E-state index in [4.69, 9.17) is 0 Å². The van der Waals surface area contributed by atoms with Gasteiger partial charge in [-0.05, 0) is 30.5 Å². The minimum Gasteiger partial charge on any atom is -0.359 e. The highest BCUT2D eigenvalue weighted by Crippen LogP contribution is 2.22. The molecule has 0 saturated carbocycles. The molecule has 4 nitrogen and oxygen atoms in total. The maximum atomic E-state index is 11.5. The predicted octanol–water partition coefficient (Wildman–Crippen LogP) is 2.67. The third kappa shape index (κ3) is 3.96. The fraction of sp³-hybridized carbons (Fsp3) is 0.294. The first-order valence-corrected chi connectivity index (χ1v) is 7.06. The lowest BCUT2D eigenvalue weighted by Crippen LogP contribution is -2.20. The number of rotatable bonds is 6. The molecule has 21 heavy (non-hydrogen) atoms. The molecule has 1 amide bonds. The Kier molecular flexibility index (Phi) is 5.16. The van der Waals surface area contributed by atoms with Gasteiger partial charge < -0.3 is 9.88 Å². The molecule has 108 valence electrons. The lowest BCUT2D eigenvalue weighted by atomic mass is 10.0. The quantitative estimate of drug-likeness (QED) is 0.885. The topological polar surface area (TPSA) is 57.8 Å². The standard InChI is InChI=1S/C17H19N3O/c1-19-17(21)10-9-15(12-14-6-3-2-4-7-14)20-11-5-8-16(20)13-18/h2-8,11,15H,9-10,12H2,1H3,(H,19,21). The second-order valence-corrected chi connectivity index (χ2v) is 4.97. The van der Waals surface area contributed by atoms with Crippen LogP contribution < -0.4 is 5.32 Å². The van der Waals surface area contributed by atoms with E-state index in [0.29, 0.717) is 18.5 Å². The Balaban J connectivity index is 2.18. The van der Waals surface area contributed by atoms with Gasteiger partial charge in [0.2, 0.25) is 5.91 Å². The summed E-state index contributed by atoms with van der Waals surface area (Å²) < 4.78 is 1.97. The SMILES string of the molecule is CNC(=O)CCC(Cc1ccccc1)n1cccc1C#N. The molecule has 1 aromatic heterocycles. The van der Waals surface area contributed by atoms with E-state index in [1.807, 2.05) is 35.0 Å². The molecule has 0 bridgehead atoms. The van der Waals surface area contributed by atoms with E-state index < -0.39 is 0 Å². The molecule has 0 fully saturated rings. The van der Waals surface area contributed by atoms with Crippen molar-refractivity contribution in [2.45, 2.75) is 25.3 Å². The van der Waals surface area contributed by atoms with Gasteiger partial charge in [0.05, 0.1) is 0 Å². The average molecular weight is 281 g/mol. The van der Waals surface area contributed by atoms with Gasteiger partial charge in [0.25, 0.3) is 0 Å². The van der Waals surface area contributed by atoms with Gasteiger partial charge in [-0.3, -0.25) is 4.79 Å². The van der Waals surface area contributed by atoms with Crippen molar-refractivity contribution in [3.8, 4) is 6.07 Å². The van der Waals surface area contributed by atoms with E-state index >= 15 is 0 Å². The number of hydrogen-bond donors (Lipinski definition) is 1. The Labute approximate surface area is 125 Å². The Morgan fingerprint density at radius 3 is 2.71 bits per heavy atom. The average Bonchev–Trinajstić information content (AvgIpc) is 3.00. The summed E-state index contributed by atoms with van der Waals surface area (Å²) in [5.41, 5.74) is 1.84. The predicted molar refractivity (Wildman–Crippen MR) is 81.6 cm³/mol. The Morgan fingerprint density at radius 2 is 2.05 bits per heavy atom. The van der Waals surface area contributed by atoms with Crippen molar-refractivity contribution in [2.24, 2.45) is 0 Å². The first-order valence-electron chi connectivity index (χ1n) is 7.06. The summed E-state index contributed by atoms with van der Waals surface area (Å²) in [5.74, 6) is 0.0266. The van der Waals surface area contributed by atoms with E-state index in [-0.39, 0.29) is 11.9 Å². The van der Waals surface area contributed by atoms with Crippen LogP contribution in [0.3, 0.4) is 0 Å². The molecule has 4 heteroatoms. The van der Waals surface area contributed by atoms with E-state index in [1.54, 1.807) is 13.1 Å². The van der Waals surface area contributed by atoms with Gasteiger partial charge in [0.15, 0.2) is 0 Å². The Bertz CT molecular complexity index is 625. The molecule has 1 heterocycles. The monoisotopic (exact) mass is 281 g/mol. The van der Waals surface area contributed by atoms with Crippen molar-refractivity contribution in [2.75, 3.05) is 7.05 Å². The number of carbonyl (C=O) groups excluding carboxylic acids is 1. The van der Waals surface area contributed by atoms with Crippen LogP contribution in [0.15, 0.2) is 48.7 Å². The summed E-state index contributed by atoms with van der Waals surface area (Å²) in [7, 11) is 1.64. The first kappa shape index (κ1) is 14.9. The van der Waals surface area contributed by atoms with Crippen LogP contribution in [-0.4, -0.2) is 17.5 Å². The number of amides is 1. The molecule has 0 aliphatic rings. The van der Waals surface area contributed by atoms with Crippen molar-refractivity contribution >= 4 is 5.91 Å². The van der Waals surface area contributed by atoms with Crippen LogP contribution in [0.5, 0.6) is 0 Å². The molecule has 0 radical (unpaired) electrons. The third-order valence-corrected chi connectivity index (χ3v) is 3.58. The molecule has 0 spiro atoms. The lowest BCUT2D eigenvalue weighted by molar-refractivity contribution is -0.120. The maximum Gasteiger partial charge on any atom is 0.219 e. The Hall–Kier alpha value is -2.54. The third-order valence-electron chi connectivity index (χ3n) is 3.58. The molecule has 0 aliphatic heterocycles. The zero-order chi connectivity index (χ0) is 15.1. The second-order valence-electron chi connectivity index (χ2n) is 4.97. The lowest BCUT2D eigenvalue weighted by Gasteiger charge is -2.20. The van der Waals surface area contributed by atoms with Crippen molar-refractivity contribution in [3.05, 3.63) is 59.9 Å². The van der Waals surface area contributed by atoms with Gasteiger partial charge in [-0.15, -0.1) is 0 Å². The van der Waals surface area contributed by atoms with Gasteiger partial charge in [-0.2, -0.15) is 5.26 Å². The summed E-state index contributed by atoms with van der Waals surface area (Å²) in [4.78, 5) is 11.5. The van der Waals surface area contributed by atoms with Crippen LogP contribution in [0.4, 0.5) is 0 Å². The number of hydrogen-bond acceptors (Lipinski definition) is 2. The highest BCUT2D eigenvalue weighted by Gasteiger charge is 2.15. The van der Waals surface area contributed by atoms with Crippen molar-refractivity contribution in [1.29, 1.82) is 5.26 Å². The number of nitriles is 1. The van der Waals surface area contributed by atoms with E-state index in [9.17, 15) is 10.1 Å². The van der Waals surface area contributed by atoms with Crippen LogP contribution in [0, 0.1) is 11.3 Å². The van der Waals surface area contributed by atoms with E-state index in [1.165, 1.54) is 5.56 Å². The van der Waals surface area contributed by atoms with Crippen LogP contribution in [0.1, 0.15) is 30.1 Å². The van der Waals surface area contributed by atoms with Crippen molar-refractivity contribution in [3.63, 3.8) is 0 Å². The van der Waals surface area contributed by atoms with Gasteiger partial charge >= 0.3 is 0 Å². The molecular formula is C17H19N3O. The summed E-state index contributed by atoms with van der Waals surface area (Å²) >= 11 is 0. The largest absolute Gasteiger partial charge is 0.359 e. The summed E-state index contributed by atoms with van der Waals surface area (Å²) in [5, 5.41) is 11.8. The van der Waals surface area contributed by atoms with Crippen molar-refractivity contribution in [1.82, 2.24) is 9.88 Å². The van der Waals surface area contributed by atoms with Gasteiger partial charge in [-0.1, -0.05) is 30.3 Å². The number of carbonyl (C=O) groups is 1. The molecular weight excluding hydrogens is 262 g/mol. The number of nitrogens with one attached hydrogen (secondary N) is 1. The normalized spacial score (nSPS) is 11.6. The van der Waals surface area contributed by atoms with Crippen LogP contribution in [0.25, 0.3) is 0 Å². The fourth-order valence-electron chi connectivity index (χ4n) is 2.46. The smallest absolute Gasteiger partial charge is 0.219 e. The molecule has 1 atom stereocenters. The molecule has 2 aromatic rings. The molecule has 1 aromatic carbocycles. The first-order chi connectivity index (χ1) is 10.2. The molecule has 2 rings (SSSR count). The summed E-state index contributed by atoms with van der Waals surface area (Å²) in [6, 6.07) is 16.1. The highest BCUT2D eigenvalue weighted by molar-refractivity contribution is 5.75. The van der Waals surface area contributed by atoms with Crippen LogP contribution in [-0.2, 0) is 11.2 Å². The van der Waals surface area contributed by atoms with Gasteiger partial charge in [-0.25, -0.2) is 0 Å². The van der Waals surface area contributed by atoms with E-state index in [2.05, 4.69) is 23.5 Å². The summed E-state index contributed by atoms with van der Waals surface area (Å²) in [6.45, 7) is 0. The molecule has 0 aliphatic carbocycles. The van der Waals surface area contributed by atoms with E-state index in [0.717, 1.165) is 6.42 Å². The van der Waals surface area contributed by atoms with Gasteiger partial charge in [0, 0.05) is 25.7 Å². The molecule has 1 N–H and O–H groups in total. The molecule has 0 saturated heterocycles. The summed E-state index contributed by atoms with van der Waals surface area (Å²) in [6.07, 6.45) is 3.88. The highest BCUT2D eigenvalue weighted by atomic mass is 16.1.